The number of amides is 2. The summed E-state index contributed by atoms with van der Waals surface area (Å²) < 4.78 is 1.86. The van der Waals surface area contributed by atoms with Crippen molar-refractivity contribution in [1.82, 2.24) is 14.5 Å². The highest BCUT2D eigenvalue weighted by Gasteiger charge is 2.27. The third-order valence-electron chi connectivity index (χ3n) is 5.66. The molecule has 2 amide bonds. The molecular formula is C24H25N5O2S. The molecule has 0 saturated carbocycles. The van der Waals surface area contributed by atoms with Gasteiger partial charge in [-0.15, -0.1) is 11.3 Å². The lowest BCUT2D eigenvalue weighted by atomic mass is 10.0. The molecule has 0 atom stereocenters. The van der Waals surface area contributed by atoms with Crippen LogP contribution < -0.4 is 5.32 Å². The van der Waals surface area contributed by atoms with E-state index in [2.05, 4.69) is 16.4 Å². The van der Waals surface area contributed by atoms with E-state index in [0.717, 1.165) is 27.5 Å². The molecule has 7 nitrogen and oxygen atoms in total. The van der Waals surface area contributed by atoms with Crippen molar-refractivity contribution in [2.45, 2.75) is 46.2 Å². The Labute approximate surface area is 191 Å². The third kappa shape index (κ3) is 4.73. The molecule has 1 N–H and O–H groups in total. The number of anilines is 1. The number of nitrogens with one attached hydrogen (secondary N) is 1. The van der Waals surface area contributed by atoms with Crippen LogP contribution in [-0.2, 0) is 35.5 Å². The van der Waals surface area contributed by atoms with Crippen molar-refractivity contribution in [2.75, 3.05) is 11.9 Å². The predicted molar refractivity (Wildman–Crippen MR) is 123 cm³/mol. The molecule has 0 fully saturated rings. The Morgan fingerprint density at radius 3 is 2.72 bits per heavy atom. The summed E-state index contributed by atoms with van der Waals surface area (Å²) in [6.07, 6.45) is 3.49. The first-order chi connectivity index (χ1) is 15.4. The lowest BCUT2D eigenvalue weighted by Crippen LogP contribution is -2.37. The fraction of sp³-hybridized carbons (Fsp3) is 0.333. The second-order valence-electron chi connectivity index (χ2n) is 7.98. The summed E-state index contributed by atoms with van der Waals surface area (Å²) in [4.78, 5) is 32.5. The Kier molecular flexibility index (Phi) is 6.37. The zero-order chi connectivity index (χ0) is 22.7. The van der Waals surface area contributed by atoms with Gasteiger partial charge in [0.15, 0.2) is 0 Å². The molecule has 164 valence electrons. The molecule has 1 aliphatic heterocycles. The van der Waals surface area contributed by atoms with E-state index in [1.807, 2.05) is 59.8 Å². The molecule has 4 rings (SSSR count). The van der Waals surface area contributed by atoms with Crippen LogP contribution in [0.15, 0.2) is 36.5 Å². The number of hydrogen-bond acceptors (Lipinski definition) is 5. The van der Waals surface area contributed by atoms with Gasteiger partial charge in [-0.2, -0.15) is 5.26 Å². The average Bonchev–Trinajstić information content (AvgIpc) is 3.29. The van der Waals surface area contributed by atoms with Crippen LogP contribution in [0.1, 0.15) is 39.5 Å². The molecule has 3 heterocycles. The van der Waals surface area contributed by atoms with Gasteiger partial charge in [0.25, 0.3) is 0 Å². The van der Waals surface area contributed by atoms with Gasteiger partial charge in [-0.05, 0) is 37.8 Å². The molecular weight excluding hydrogens is 422 g/mol. The summed E-state index contributed by atoms with van der Waals surface area (Å²) in [5.41, 5.74) is 3.48. The number of thiophene rings is 1. The highest BCUT2D eigenvalue weighted by atomic mass is 32.1. The fourth-order valence-corrected chi connectivity index (χ4v) is 5.22. The second-order valence-corrected chi connectivity index (χ2v) is 9.08. The van der Waals surface area contributed by atoms with Crippen LogP contribution >= 0.6 is 11.3 Å². The standard InChI is InChI=1S/C24H25N5O2S/c1-16-13-29(17(2)26-16)15-23(31)28-11-10-19-20(12-25)24(32-21(19)14-28)27-22(30)9-8-18-6-4-3-5-7-18/h3-7,13H,8-11,14-15H2,1-2H3,(H,27,30). The molecule has 0 radical (unpaired) electrons. The number of carbonyl (C=O) groups is 2. The van der Waals surface area contributed by atoms with E-state index in [4.69, 9.17) is 0 Å². The highest BCUT2D eigenvalue weighted by molar-refractivity contribution is 7.16. The minimum atomic E-state index is -0.108. The van der Waals surface area contributed by atoms with Gasteiger partial charge in [0.2, 0.25) is 11.8 Å². The summed E-state index contributed by atoms with van der Waals surface area (Å²) >= 11 is 1.40. The van der Waals surface area contributed by atoms with Gasteiger partial charge < -0.3 is 14.8 Å². The van der Waals surface area contributed by atoms with E-state index in [-0.39, 0.29) is 18.4 Å². The number of imidazole rings is 1. The molecule has 0 aliphatic carbocycles. The number of nitriles is 1. The Morgan fingerprint density at radius 1 is 1.25 bits per heavy atom. The number of fused-ring (bicyclic) bond motifs is 1. The SMILES string of the molecule is Cc1cn(CC(=O)N2CCc3c(sc(NC(=O)CCc4ccccc4)c3C#N)C2)c(C)n1. The molecule has 1 aliphatic rings. The Morgan fingerprint density at radius 2 is 2.03 bits per heavy atom. The number of carbonyl (C=O) groups excluding carboxylic acids is 2. The normalized spacial score (nSPS) is 12.8. The molecule has 0 unspecified atom stereocenters. The van der Waals surface area contributed by atoms with Gasteiger partial charge >= 0.3 is 0 Å². The molecule has 2 aromatic heterocycles. The van der Waals surface area contributed by atoms with Gasteiger partial charge in [-0.3, -0.25) is 9.59 Å². The minimum absolute atomic E-state index is 0.0245. The van der Waals surface area contributed by atoms with Crippen LogP contribution in [0, 0.1) is 25.2 Å². The maximum absolute atomic E-state index is 12.8. The van der Waals surface area contributed by atoms with Crippen LogP contribution in [0.5, 0.6) is 0 Å². The predicted octanol–water partition coefficient (Wildman–Crippen LogP) is 3.59. The van der Waals surface area contributed by atoms with E-state index in [1.165, 1.54) is 11.3 Å². The summed E-state index contributed by atoms with van der Waals surface area (Å²) in [5, 5.41) is 13.2. The topological polar surface area (TPSA) is 91.0 Å². The Balaban J connectivity index is 1.42. The molecule has 0 bridgehead atoms. The van der Waals surface area contributed by atoms with Gasteiger partial charge in [0.1, 0.15) is 23.4 Å². The number of aromatic nitrogens is 2. The largest absolute Gasteiger partial charge is 0.336 e. The number of hydrogen-bond donors (Lipinski definition) is 1. The van der Waals surface area contributed by atoms with Crippen molar-refractivity contribution in [3.63, 3.8) is 0 Å². The fourth-order valence-electron chi connectivity index (χ4n) is 3.99. The smallest absolute Gasteiger partial charge is 0.242 e. The van der Waals surface area contributed by atoms with E-state index in [1.54, 1.807) is 0 Å². The summed E-state index contributed by atoms with van der Waals surface area (Å²) in [7, 11) is 0. The Hall–Kier alpha value is -3.44. The third-order valence-corrected chi connectivity index (χ3v) is 6.79. The molecule has 0 saturated heterocycles. The van der Waals surface area contributed by atoms with E-state index < -0.39 is 0 Å². The quantitative estimate of drug-likeness (QED) is 0.625. The van der Waals surface area contributed by atoms with Crippen LogP contribution in [-0.4, -0.2) is 32.8 Å². The Bertz CT molecular complexity index is 1190. The van der Waals surface area contributed by atoms with E-state index in [0.29, 0.717) is 42.9 Å². The first kappa shape index (κ1) is 21.8. The van der Waals surface area contributed by atoms with Crippen LogP contribution in [0.4, 0.5) is 5.00 Å². The summed E-state index contributed by atoms with van der Waals surface area (Å²) in [6.45, 7) is 5.07. The molecule has 8 heteroatoms. The van der Waals surface area contributed by atoms with Gasteiger partial charge in [0.05, 0.1) is 17.8 Å². The minimum Gasteiger partial charge on any atom is -0.336 e. The molecule has 1 aromatic carbocycles. The molecule has 0 spiro atoms. The lowest BCUT2D eigenvalue weighted by Gasteiger charge is -2.27. The van der Waals surface area contributed by atoms with Crippen molar-refractivity contribution < 1.29 is 9.59 Å². The number of aryl methyl sites for hydroxylation is 3. The highest BCUT2D eigenvalue weighted by Crippen LogP contribution is 2.36. The number of rotatable bonds is 6. The van der Waals surface area contributed by atoms with Gasteiger partial charge in [-0.25, -0.2) is 4.98 Å². The summed E-state index contributed by atoms with van der Waals surface area (Å²) in [6, 6.07) is 12.1. The van der Waals surface area contributed by atoms with Crippen molar-refractivity contribution in [1.29, 1.82) is 5.26 Å². The molecule has 3 aromatic rings. The van der Waals surface area contributed by atoms with E-state index >= 15 is 0 Å². The average molecular weight is 448 g/mol. The maximum Gasteiger partial charge on any atom is 0.242 e. The number of benzene rings is 1. The van der Waals surface area contributed by atoms with Crippen LogP contribution in [0.3, 0.4) is 0 Å². The van der Waals surface area contributed by atoms with E-state index in [9.17, 15) is 14.9 Å². The molecule has 32 heavy (non-hydrogen) atoms. The summed E-state index contributed by atoms with van der Waals surface area (Å²) in [5.74, 6) is 0.733. The zero-order valence-corrected chi connectivity index (χ0v) is 19.0. The first-order valence-electron chi connectivity index (χ1n) is 10.6. The lowest BCUT2D eigenvalue weighted by molar-refractivity contribution is -0.132. The van der Waals surface area contributed by atoms with Crippen molar-refractivity contribution in [3.05, 3.63) is 69.6 Å². The maximum atomic E-state index is 12.8. The monoisotopic (exact) mass is 447 g/mol. The van der Waals surface area contributed by atoms with Crippen molar-refractivity contribution in [2.24, 2.45) is 0 Å². The van der Waals surface area contributed by atoms with Crippen molar-refractivity contribution in [3.8, 4) is 6.07 Å². The second kappa shape index (κ2) is 9.37. The number of nitrogens with zero attached hydrogens (tertiary/aromatic N) is 4. The van der Waals surface area contributed by atoms with Crippen LogP contribution in [0.25, 0.3) is 0 Å². The van der Waals surface area contributed by atoms with Crippen molar-refractivity contribution >= 4 is 28.2 Å². The zero-order valence-electron chi connectivity index (χ0n) is 18.2. The van der Waals surface area contributed by atoms with Gasteiger partial charge in [-0.1, -0.05) is 30.3 Å². The van der Waals surface area contributed by atoms with Gasteiger partial charge in [0, 0.05) is 24.0 Å². The first-order valence-corrected chi connectivity index (χ1v) is 11.4. The van der Waals surface area contributed by atoms with Crippen LogP contribution in [0.2, 0.25) is 0 Å².